The maximum absolute atomic E-state index is 12.7. The van der Waals surface area contributed by atoms with Gasteiger partial charge in [-0.3, -0.25) is 0 Å². The van der Waals surface area contributed by atoms with Gasteiger partial charge in [-0.15, -0.1) is 0 Å². The summed E-state index contributed by atoms with van der Waals surface area (Å²) >= 11 is 0. The zero-order valence-corrected chi connectivity index (χ0v) is 5.24. The van der Waals surface area contributed by atoms with Crippen molar-refractivity contribution in [2.24, 2.45) is 0 Å². The van der Waals surface area contributed by atoms with Gasteiger partial charge in [-0.2, -0.15) is 0 Å². The molecule has 0 saturated carbocycles. The van der Waals surface area contributed by atoms with E-state index in [-0.39, 0.29) is 0 Å². The number of hydrogen-bond donors (Lipinski definition) is 1. The van der Waals surface area contributed by atoms with Gasteiger partial charge < -0.3 is 5.11 Å². The van der Waals surface area contributed by atoms with Crippen LogP contribution in [0.5, 0.6) is 0 Å². The molecule has 0 fully saturated rings. The molecule has 1 nitrogen and oxygen atoms in total. The number of hydrogen-bond acceptors (Lipinski definition) is 1. The van der Waals surface area contributed by atoms with Crippen molar-refractivity contribution in [3.05, 3.63) is 35.1 Å². The van der Waals surface area contributed by atoms with E-state index in [1.165, 1.54) is 0 Å². The van der Waals surface area contributed by atoms with Crippen molar-refractivity contribution < 1.29 is 21.0 Å². The fourth-order valence-electron chi connectivity index (χ4n) is 0.649. The van der Waals surface area contributed by atoms with Crippen molar-refractivity contribution in [2.75, 3.05) is 0 Å². The van der Waals surface area contributed by atoms with E-state index in [2.05, 4.69) is 0 Å². The van der Waals surface area contributed by atoms with Gasteiger partial charge in [0.25, 0.3) is 0 Å². The lowest BCUT2D eigenvalue weighted by Crippen LogP contribution is -1.96. The summed E-state index contributed by atoms with van der Waals surface area (Å²) in [4.78, 5) is 0. The highest BCUT2D eigenvalue weighted by Gasteiger charge is 2.09. The van der Waals surface area contributed by atoms with Crippen molar-refractivity contribution >= 4 is 0 Å². The average Bonchev–Trinajstić information content (AvgIpc) is 1.78. The van der Waals surface area contributed by atoms with Gasteiger partial charge in [0, 0.05) is 17.7 Å². The van der Waals surface area contributed by atoms with E-state index in [1.54, 1.807) is 0 Å². The molecule has 1 N–H and O–H groups in total. The Labute approximate surface area is 63.9 Å². The summed E-state index contributed by atoms with van der Waals surface area (Å²) in [6, 6.07) is 0.596. The maximum Gasteiger partial charge on any atom is 0.134 e. The van der Waals surface area contributed by atoms with E-state index in [4.69, 9.17) is 7.85 Å². The zero-order valence-electron chi connectivity index (χ0n) is 7.24. The minimum absolute atomic E-state index is 0.298. The maximum atomic E-state index is 12.7. The Morgan fingerprint density at radius 2 is 1.73 bits per heavy atom. The SMILES string of the molecule is [2H]C([2H])(O)c1c(F)cc(F)cc1F. The van der Waals surface area contributed by atoms with E-state index >= 15 is 0 Å². The van der Waals surface area contributed by atoms with E-state index in [1.807, 2.05) is 0 Å². The number of rotatable bonds is 1. The summed E-state index contributed by atoms with van der Waals surface area (Å²) in [7, 11) is 0. The number of halogens is 3. The molecule has 4 heteroatoms. The molecule has 0 aliphatic rings. The molecule has 0 aliphatic heterocycles. The van der Waals surface area contributed by atoms with Crippen molar-refractivity contribution in [1.29, 1.82) is 0 Å². The largest absolute Gasteiger partial charge is 0.391 e. The molecule has 0 amide bonds. The molecule has 60 valence electrons. The lowest BCUT2D eigenvalue weighted by atomic mass is 10.2. The van der Waals surface area contributed by atoms with E-state index < -0.39 is 29.6 Å². The van der Waals surface area contributed by atoms with Gasteiger partial charge in [0.1, 0.15) is 17.5 Å². The van der Waals surface area contributed by atoms with Gasteiger partial charge in [-0.1, -0.05) is 0 Å². The standard InChI is InChI=1S/C7H5F3O/c8-4-1-6(9)5(3-11)7(10)2-4/h1-2,11H,3H2/i3D2. The van der Waals surface area contributed by atoms with Crippen LogP contribution in [0.3, 0.4) is 0 Å². The van der Waals surface area contributed by atoms with Crippen LogP contribution in [-0.4, -0.2) is 5.11 Å². The molecular formula is C7H5F3O. The van der Waals surface area contributed by atoms with E-state index in [9.17, 15) is 13.2 Å². The summed E-state index contributed by atoms with van der Waals surface area (Å²) in [5, 5.41) is 8.67. The first-order valence-electron chi connectivity index (χ1n) is 3.70. The lowest BCUT2D eigenvalue weighted by molar-refractivity contribution is 0.268. The molecule has 0 aromatic heterocycles. The number of benzene rings is 1. The third-order valence-corrected chi connectivity index (χ3v) is 1.12. The first kappa shape index (κ1) is 5.60. The quantitative estimate of drug-likeness (QED) is 0.668. The Hall–Kier alpha value is -1.03. The van der Waals surface area contributed by atoms with Crippen molar-refractivity contribution in [3.8, 4) is 0 Å². The third-order valence-electron chi connectivity index (χ3n) is 1.12. The van der Waals surface area contributed by atoms with Crippen LogP contribution in [0.15, 0.2) is 12.1 Å². The van der Waals surface area contributed by atoms with Gasteiger partial charge >= 0.3 is 0 Å². The van der Waals surface area contributed by atoms with Crippen LogP contribution in [-0.2, 0) is 6.56 Å². The van der Waals surface area contributed by atoms with Crippen LogP contribution in [0.1, 0.15) is 8.30 Å². The second-order valence-electron chi connectivity index (χ2n) is 1.86. The van der Waals surface area contributed by atoms with Crippen LogP contribution in [0.4, 0.5) is 13.2 Å². The van der Waals surface area contributed by atoms with Crippen LogP contribution in [0.2, 0.25) is 0 Å². The topological polar surface area (TPSA) is 20.2 Å². The molecule has 0 aliphatic carbocycles. The molecule has 0 saturated heterocycles. The fourth-order valence-corrected chi connectivity index (χ4v) is 0.649. The van der Waals surface area contributed by atoms with Crippen molar-refractivity contribution in [2.45, 2.75) is 6.56 Å². The molecule has 0 bridgehead atoms. The average molecular weight is 164 g/mol. The second kappa shape index (κ2) is 2.92. The molecular weight excluding hydrogens is 157 g/mol. The zero-order chi connectivity index (χ0) is 10.2. The monoisotopic (exact) mass is 164 g/mol. The molecule has 0 unspecified atom stereocenters. The number of aliphatic hydroxyl groups is 1. The summed E-state index contributed by atoms with van der Waals surface area (Å²) in [5.74, 6) is -4.07. The highest BCUT2D eigenvalue weighted by atomic mass is 19.1. The Balaban J connectivity index is 3.38. The predicted octanol–water partition coefficient (Wildman–Crippen LogP) is 1.60. The Morgan fingerprint density at radius 1 is 1.27 bits per heavy atom. The van der Waals surface area contributed by atoms with Crippen LogP contribution in [0, 0.1) is 17.5 Å². The van der Waals surface area contributed by atoms with Gasteiger partial charge in [0.05, 0.1) is 9.30 Å². The van der Waals surface area contributed by atoms with Crippen molar-refractivity contribution in [3.63, 3.8) is 0 Å². The Morgan fingerprint density at radius 3 is 2.09 bits per heavy atom. The summed E-state index contributed by atoms with van der Waals surface area (Å²) < 4.78 is 51.1. The summed E-state index contributed by atoms with van der Waals surface area (Å²) in [6.45, 7) is -3.15. The lowest BCUT2D eigenvalue weighted by Gasteiger charge is -1.99. The smallest absolute Gasteiger partial charge is 0.134 e. The van der Waals surface area contributed by atoms with Crippen LogP contribution in [0.25, 0.3) is 0 Å². The normalized spacial score (nSPS) is 14.2. The van der Waals surface area contributed by atoms with Crippen LogP contribution >= 0.6 is 0 Å². The van der Waals surface area contributed by atoms with Crippen LogP contribution < -0.4 is 0 Å². The molecule has 1 rings (SSSR count). The summed E-state index contributed by atoms with van der Waals surface area (Å²) in [5.41, 5.74) is -1.19. The highest BCUT2D eigenvalue weighted by Crippen LogP contribution is 2.13. The molecule has 0 heterocycles. The molecule has 0 radical (unpaired) electrons. The Kier molecular flexibility index (Phi) is 1.49. The van der Waals surface area contributed by atoms with E-state index in [0.717, 1.165) is 0 Å². The van der Waals surface area contributed by atoms with Gasteiger partial charge in [0.2, 0.25) is 0 Å². The van der Waals surface area contributed by atoms with E-state index in [0.29, 0.717) is 12.1 Å². The van der Waals surface area contributed by atoms with Gasteiger partial charge in [-0.05, 0) is 0 Å². The first-order valence-corrected chi connectivity index (χ1v) is 2.70. The van der Waals surface area contributed by atoms with Crippen molar-refractivity contribution in [1.82, 2.24) is 0 Å². The molecule has 1 aromatic carbocycles. The predicted molar refractivity (Wildman–Crippen MR) is 32.2 cm³/mol. The third kappa shape index (κ3) is 1.51. The molecule has 1 aromatic rings. The fraction of sp³-hybridized carbons (Fsp3) is 0.143. The molecule has 0 spiro atoms. The van der Waals surface area contributed by atoms with Gasteiger partial charge in [0.15, 0.2) is 0 Å². The molecule has 0 atom stereocenters. The highest BCUT2D eigenvalue weighted by molar-refractivity contribution is 5.19. The minimum Gasteiger partial charge on any atom is -0.391 e. The van der Waals surface area contributed by atoms with Gasteiger partial charge in [-0.25, -0.2) is 13.2 Å². The first-order chi connectivity index (χ1) is 5.82. The molecule has 11 heavy (non-hydrogen) atoms. The summed E-state index contributed by atoms with van der Waals surface area (Å²) in [6.07, 6.45) is 0. The Bertz CT molecular complexity index is 312. The minimum atomic E-state index is -3.15. The second-order valence-corrected chi connectivity index (χ2v) is 1.86.